The van der Waals surface area contributed by atoms with Gasteiger partial charge in [0.25, 0.3) is 5.91 Å². The van der Waals surface area contributed by atoms with E-state index in [2.05, 4.69) is 37.9 Å². The fourth-order valence-corrected chi connectivity index (χ4v) is 2.40. The average Bonchev–Trinajstić information content (AvgIpc) is 2.57. The van der Waals surface area contributed by atoms with E-state index in [1.165, 1.54) is 12.4 Å². The Labute approximate surface area is 146 Å². The molecule has 0 fully saturated rings. The monoisotopic (exact) mass is 417 g/mol. The molecule has 0 saturated heterocycles. The Morgan fingerprint density at radius 1 is 1.00 bits per heavy atom. The van der Waals surface area contributed by atoms with Crippen LogP contribution in [-0.2, 0) is 0 Å². The molecule has 0 saturated carbocycles. The predicted molar refractivity (Wildman–Crippen MR) is 95.7 cm³/mol. The van der Waals surface area contributed by atoms with Crippen molar-refractivity contribution in [2.45, 2.75) is 0 Å². The summed E-state index contributed by atoms with van der Waals surface area (Å²) < 4.78 is 6.50. The van der Waals surface area contributed by atoms with E-state index in [1.807, 2.05) is 48.5 Å². The van der Waals surface area contributed by atoms with Crippen LogP contribution in [0.1, 0.15) is 10.4 Å². The van der Waals surface area contributed by atoms with Crippen LogP contribution in [0.3, 0.4) is 0 Å². The van der Waals surface area contributed by atoms with Gasteiger partial charge in [0.15, 0.2) is 0 Å². The number of halogens is 1. The number of hydrogen-bond donors (Lipinski definition) is 1. The molecule has 0 atom stereocenters. The largest absolute Gasteiger partial charge is 0.424 e. The number of aromatic nitrogens is 2. The van der Waals surface area contributed by atoms with Crippen LogP contribution in [0.15, 0.2) is 67.0 Å². The van der Waals surface area contributed by atoms with Crippen molar-refractivity contribution in [3.05, 3.63) is 76.1 Å². The van der Waals surface area contributed by atoms with Gasteiger partial charge in [0, 0.05) is 9.13 Å². The van der Waals surface area contributed by atoms with Gasteiger partial charge in [-0.15, -0.1) is 0 Å². The minimum atomic E-state index is -0.205. The molecule has 3 rings (SSSR count). The lowest BCUT2D eigenvalue weighted by atomic mass is 10.2. The van der Waals surface area contributed by atoms with E-state index < -0.39 is 0 Å². The summed E-state index contributed by atoms with van der Waals surface area (Å²) in [5, 5.41) is 2.75. The zero-order valence-corrected chi connectivity index (χ0v) is 14.1. The normalized spacial score (nSPS) is 10.1. The molecule has 0 unspecified atom stereocenters. The van der Waals surface area contributed by atoms with E-state index in [0.29, 0.717) is 17.0 Å². The lowest BCUT2D eigenvalue weighted by Crippen LogP contribution is -2.12. The molecule has 0 bridgehead atoms. The summed E-state index contributed by atoms with van der Waals surface area (Å²) >= 11 is 2.16. The van der Waals surface area contributed by atoms with Gasteiger partial charge in [-0.2, -0.15) is 0 Å². The van der Waals surface area contributed by atoms with Gasteiger partial charge in [-0.3, -0.25) is 4.79 Å². The average molecular weight is 417 g/mol. The van der Waals surface area contributed by atoms with Gasteiger partial charge in [0.05, 0.1) is 18.1 Å². The number of hydrogen-bond acceptors (Lipinski definition) is 4. The first-order valence-electron chi connectivity index (χ1n) is 6.82. The number of carbonyl (C=O) groups is 1. The lowest BCUT2D eigenvalue weighted by molar-refractivity contribution is 0.102. The second kappa shape index (κ2) is 7.19. The van der Waals surface area contributed by atoms with Gasteiger partial charge in [-0.05, 0) is 52.9 Å². The zero-order valence-electron chi connectivity index (χ0n) is 11.9. The second-order valence-electron chi connectivity index (χ2n) is 4.63. The first-order valence-corrected chi connectivity index (χ1v) is 7.90. The van der Waals surface area contributed by atoms with Crippen molar-refractivity contribution in [3.8, 4) is 11.8 Å². The quantitative estimate of drug-likeness (QED) is 0.649. The summed E-state index contributed by atoms with van der Waals surface area (Å²) in [6.07, 6.45) is 3.02. The van der Waals surface area contributed by atoms with E-state index in [1.54, 1.807) is 6.07 Å². The van der Waals surface area contributed by atoms with Gasteiger partial charge in [-0.1, -0.05) is 24.3 Å². The highest BCUT2D eigenvalue weighted by molar-refractivity contribution is 14.1. The van der Waals surface area contributed by atoms with E-state index in [0.717, 1.165) is 3.57 Å². The van der Waals surface area contributed by atoms with Crippen molar-refractivity contribution in [2.24, 2.45) is 0 Å². The Morgan fingerprint density at radius 3 is 2.43 bits per heavy atom. The molecule has 0 radical (unpaired) electrons. The van der Waals surface area contributed by atoms with Crippen LogP contribution >= 0.6 is 22.6 Å². The number of para-hydroxylation sites is 1. The van der Waals surface area contributed by atoms with Gasteiger partial charge in [0.1, 0.15) is 5.75 Å². The minimum absolute atomic E-state index is 0.205. The van der Waals surface area contributed by atoms with Gasteiger partial charge in [0.2, 0.25) is 0 Å². The van der Waals surface area contributed by atoms with Crippen LogP contribution in [0.2, 0.25) is 0 Å². The highest BCUT2D eigenvalue weighted by atomic mass is 127. The number of nitrogens with one attached hydrogen (secondary N) is 1. The van der Waals surface area contributed by atoms with Crippen molar-refractivity contribution in [3.63, 3.8) is 0 Å². The molecule has 1 N–H and O–H groups in total. The molecular weight excluding hydrogens is 405 g/mol. The van der Waals surface area contributed by atoms with E-state index >= 15 is 0 Å². The van der Waals surface area contributed by atoms with Gasteiger partial charge >= 0.3 is 6.01 Å². The number of rotatable bonds is 4. The molecule has 0 aliphatic carbocycles. The molecule has 3 aromatic rings. The van der Waals surface area contributed by atoms with Gasteiger partial charge in [-0.25, -0.2) is 9.97 Å². The van der Waals surface area contributed by atoms with Crippen LogP contribution in [-0.4, -0.2) is 15.9 Å². The Hall–Kier alpha value is -2.48. The van der Waals surface area contributed by atoms with Crippen LogP contribution in [0.5, 0.6) is 11.8 Å². The van der Waals surface area contributed by atoms with Crippen LogP contribution in [0, 0.1) is 3.57 Å². The fraction of sp³-hybridized carbons (Fsp3) is 0. The molecule has 5 nitrogen and oxygen atoms in total. The van der Waals surface area contributed by atoms with Crippen molar-refractivity contribution < 1.29 is 9.53 Å². The molecule has 1 aromatic heterocycles. The number of anilines is 1. The highest BCUT2D eigenvalue weighted by Crippen LogP contribution is 2.17. The third kappa shape index (κ3) is 4.26. The Bertz CT molecular complexity index is 808. The summed E-state index contributed by atoms with van der Waals surface area (Å²) in [5.41, 5.74) is 1.09. The molecule has 1 heterocycles. The Balaban J connectivity index is 1.67. The maximum Gasteiger partial charge on any atom is 0.322 e. The third-order valence-electron chi connectivity index (χ3n) is 2.93. The summed E-state index contributed by atoms with van der Waals surface area (Å²) in [6.45, 7) is 0. The smallest absolute Gasteiger partial charge is 0.322 e. The summed E-state index contributed by atoms with van der Waals surface area (Å²) in [5.74, 6) is 0.451. The first-order chi connectivity index (χ1) is 11.2. The minimum Gasteiger partial charge on any atom is -0.424 e. The zero-order chi connectivity index (χ0) is 16.1. The standard InChI is InChI=1S/C17H12IN3O2/c18-13-6-4-5-12(9-13)16(22)21-14-10-19-17(20-11-14)23-15-7-2-1-3-8-15/h1-11H,(H,21,22). The maximum atomic E-state index is 12.1. The summed E-state index contributed by atoms with van der Waals surface area (Å²) in [6, 6.07) is 16.8. The number of amides is 1. The fourth-order valence-electron chi connectivity index (χ4n) is 1.86. The number of benzene rings is 2. The SMILES string of the molecule is O=C(Nc1cnc(Oc2ccccc2)nc1)c1cccc(I)c1. The van der Waals surface area contributed by atoms with Gasteiger partial charge < -0.3 is 10.1 Å². The van der Waals surface area contributed by atoms with E-state index in [4.69, 9.17) is 4.74 Å². The Morgan fingerprint density at radius 2 is 1.74 bits per heavy atom. The molecule has 0 aliphatic heterocycles. The van der Waals surface area contributed by atoms with Crippen LogP contribution in [0.25, 0.3) is 0 Å². The van der Waals surface area contributed by atoms with Crippen LogP contribution < -0.4 is 10.1 Å². The topological polar surface area (TPSA) is 64.1 Å². The number of nitrogens with zero attached hydrogens (tertiary/aromatic N) is 2. The number of carbonyl (C=O) groups excluding carboxylic acids is 1. The first kappa shape index (κ1) is 15.4. The summed E-state index contributed by atoms with van der Waals surface area (Å²) in [7, 11) is 0. The molecule has 6 heteroatoms. The second-order valence-corrected chi connectivity index (χ2v) is 5.88. The van der Waals surface area contributed by atoms with Crippen molar-refractivity contribution in [1.82, 2.24) is 9.97 Å². The predicted octanol–water partition coefficient (Wildman–Crippen LogP) is 4.13. The lowest BCUT2D eigenvalue weighted by Gasteiger charge is -2.06. The molecule has 1 amide bonds. The summed E-state index contributed by atoms with van der Waals surface area (Å²) in [4.78, 5) is 20.3. The van der Waals surface area contributed by atoms with Crippen molar-refractivity contribution in [1.29, 1.82) is 0 Å². The van der Waals surface area contributed by atoms with E-state index in [9.17, 15) is 4.79 Å². The molecular formula is C17H12IN3O2. The van der Waals surface area contributed by atoms with Crippen molar-refractivity contribution in [2.75, 3.05) is 5.32 Å². The molecule has 0 aliphatic rings. The van der Waals surface area contributed by atoms with Crippen LogP contribution in [0.4, 0.5) is 5.69 Å². The highest BCUT2D eigenvalue weighted by Gasteiger charge is 2.07. The van der Waals surface area contributed by atoms with Crippen molar-refractivity contribution >= 4 is 34.2 Å². The Kier molecular flexibility index (Phi) is 4.82. The molecule has 114 valence electrons. The maximum absolute atomic E-state index is 12.1. The molecule has 2 aromatic carbocycles. The van der Waals surface area contributed by atoms with E-state index in [-0.39, 0.29) is 11.9 Å². The molecule has 0 spiro atoms. The molecule has 23 heavy (non-hydrogen) atoms. The number of ether oxygens (including phenoxy) is 1. The third-order valence-corrected chi connectivity index (χ3v) is 3.60.